The van der Waals surface area contributed by atoms with Gasteiger partial charge in [-0.15, -0.1) is 0 Å². The number of rotatable bonds is 0. The van der Waals surface area contributed by atoms with Gasteiger partial charge in [0.05, 0.1) is 11.4 Å². The standard InChI is InChI=1S/C9H11N3O2/c1-4-8(13)7-6(10-9(4)14)5(2)11-12(7)3/h4H,1-3H3,(H,10,14). The van der Waals surface area contributed by atoms with Crippen LogP contribution in [0.2, 0.25) is 0 Å². The van der Waals surface area contributed by atoms with Crippen LogP contribution in [-0.2, 0) is 11.8 Å². The van der Waals surface area contributed by atoms with Crippen molar-refractivity contribution in [3.63, 3.8) is 0 Å². The van der Waals surface area contributed by atoms with Crippen LogP contribution >= 0.6 is 0 Å². The van der Waals surface area contributed by atoms with Crippen LogP contribution in [-0.4, -0.2) is 21.5 Å². The van der Waals surface area contributed by atoms with E-state index in [1.54, 1.807) is 20.9 Å². The summed E-state index contributed by atoms with van der Waals surface area (Å²) in [5, 5.41) is 6.78. The Balaban J connectivity index is 2.64. The van der Waals surface area contributed by atoms with E-state index >= 15 is 0 Å². The van der Waals surface area contributed by atoms with Crippen molar-refractivity contribution in [1.82, 2.24) is 9.78 Å². The molecule has 1 amide bonds. The lowest BCUT2D eigenvalue weighted by Crippen LogP contribution is -2.34. The van der Waals surface area contributed by atoms with Crippen molar-refractivity contribution < 1.29 is 9.59 Å². The van der Waals surface area contributed by atoms with Crippen LogP contribution in [0.25, 0.3) is 0 Å². The van der Waals surface area contributed by atoms with Gasteiger partial charge in [0, 0.05) is 7.05 Å². The number of fused-ring (bicyclic) bond motifs is 1. The number of nitrogens with zero attached hydrogens (tertiary/aromatic N) is 2. The second-order valence-electron chi connectivity index (χ2n) is 3.51. The molecule has 0 spiro atoms. The maximum atomic E-state index is 11.7. The topological polar surface area (TPSA) is 64.0 Å². The second kappa shape index (κ2) is 2.67. The normalized spacial score (nSPS) is 20.6. The fourth-order valence-electron chi connectivity index (χ4n) is 1.65. The summed E-state index contributed by atoms with van der Waals surface area (Å²) in [6, 6.07) is 0. The third-order valence-corrected chi connectivity index (χ3v) is 2.49. The monoisotopic (exact) mass is 193 g/mol. The molecule has 2 rings (SSSR count). The number of aromatic nitrogens is 2. The lowest BCUT2D eigenvalue weighted by Gasteiger charge is -2.18. The first-order valence-corrected chi connectivity index (χ1v) is 4.41. The van der Waals surface area contributed by atoms with Gasteiger partial charge in [-0.05, 0) is 13.8 Å². The summed E-state index contributed by atoms with van der Waals surface area (Å²) in [6.45, 7) is 3.37. The molecule has 1 aromatic rings. The molecule has 0 fully saturated rings. The lowest BCUT2D eigenvalue weighted by molar-refractivity contribution is -0.118. The molecule has 14 heavy (non-hydrogen) atoms. The molecule has 1 aromatic heterocycles. The Morgan fingerprint density at radius 1 is 1.43 bits per heavy atom. The number of hydrogen-bond donors (Lipinski definition) is 1. The molecule has 1 atom stereocenters. The van der Waals surface area contributed by atoms with Crippen molar-refractivity contribution in [2.45, 2.75) is 13.8 Å². The number of Topliss-reactive ketones (excluding diaryl/α,β-unsaturated/α-hetero) is 1. The zero-order chi connectivity index (χ0) is 10.5. The van der Waals surface area contributed by atoms with Gasteiger partial charge >= 0.3 is 0 Å². The van der Waals surface area contributed by atoms with Crippen molar-refractivity contribution >= 4 is 17.4 Å². The molecule has 0 radical (unpaired) electrons. The van der Waals surface area contributed by atoms with Crippen LogP contribution < -0.4 is 5.32 Å². The maximum Gasteiger partial charge on any atom is 0.235 e. The van der Waals surface area contributed by atoms with E-state index in [0.717, 1.165) is 0 Å². The molecular formula is C9H11N3O2. The SMILES string of the molecule is Cc1nn(C)c2c1NC(=O)C(C)C2=O. The fraction of sp³-hybridized carbons (Fsp3) is 0.444. The molecule has 1 aliphatic rings. The molecule has 1 N–H and O–H groups in total. The number of ketones is 1. The van der Waals surface area contributed by atoms with Crippen molar-refractivity contribution in [1.29, 1.82) is 0 Å². The lowest BCUT2D eigenvalue weighted by atomic mass is 9.97. The Bertz CT molecular complexity index is 434. The average molecular weight is 193 g/mol. The highest BCUT2D eigenvalue weighted by Gasteiger charge is 2.34. The van der Waals surface area contributed by atoms with Crippen molar-refractivity contribution in [2.75, 3.05) is 5.32 Å². The highest BCUT2D eigenvalue weighted by atomic mass is 16.2. The van der Waals surface area contributed by atoms with Gasteiger partial charge in [0.15, 0.2) is 5.78 Å². The van der Waals surface area contributed by atoms with Gasteiger partial charge in [-0.1, -0.05) is 0 Å². The van der Waals surface area contributed by atoms with E-state index in [0.29, 0.717) is 17.1 Å². The zero-order valence-corrected chi connectivity index (χ0v) is 8.29. The number of aryl methyl sites for hydroxylation is 2. The molecule has 0 saturated heterocycles. The van der Waals surface area contributed by atoms with E-state index in [1.165, 1.54) is 4.68 Å². The van der Waals surface area contributed by atoms with Crippen LogP contribution in [0.1, 0.15) is 23.1 Å². The van der Waals surface area contributed by atoms with Crippen molar-refractivity contribution in [2.24, 2.45) is 13.0 Å². The molecule has 1 unspecified atom stereocenters. The first kappa shape index (κ1) is 8.93. The Morgan fingerprint density at radius 3 is 2.71 bits per heavy atom. The molecule has 0 aromatic carbocycles. The van der Waals surface area contributed by atoms with E-state index in [1.807, 2.05) is 0 Å². The number of nitrogens with one attached hydrogen (secondary N) is 1. The van der Waals surface area contributed by atoms with Gasteiger partial charge in [0.25, 0.3) is 0 Å². The molecule has 0 saturated carbocycles. The molecule has 0 aliphatic carbocycles. The smallest absolute Gasteiger partial charge is 0.235 e. The Kier molecular flexibility index (Phi) is 1.70. The highest BCUT2D eigenvalue weighted by molar-refractivity contribution is 6.20. The van der Waals surface area contributed by atoms with E-state index < -0.39 is 5.92 Å². The summed E-state index contributed by atoms with van der Waals surface area (Å²) in [4.78, 5) is 23.1. The van der Waals surface area contributed by atoms with Crippen molar-refractivity contribution in [3.8, 4) is 0 Å². The quantitative estimate of drug-likeness (QED) is 0.610. The van der Waals surface area contributed by atoms with Gasteiger partial charge in [-0.2, -0.15) is 5.10 Å². The van der Waals surface area contributed by atoms with Gasteiger partial charge < -0.3 is 5.32 Å². The van der Waals surface area contributed by atoms with E-state index in [9.17, 15) is 9.59 Å². The number of amides is 1. The minimum atomic E-state index is -0.614. The summed E-state index contributed by atoms with van der Waals surface area (Å²) in [6.07, 6.45) is 0. The average Bonchev–Trinajstić information content (AvgIpc) is 2.38. The third kappa shape index (κ3) is 0.982. The molecular weight excluding hydrogens is 182 g/mol. The summed E-state index contributed by atoms with van der Waals surface area (Å²) in [5.41, 5.74) is 1.73. The van der Waals surface area contributed by atoms with Gasteiger partial charge in [0.1, 0.15) is 11.6 Å². The second-order valence-corrected chi connectivity index (χ2v) is 3.51. The Morgan fingerprint density at radius 2 is 2.07 bits per heavy atom. The van der Waals surface area contributed by atoms with Gasteiger partial charge in [-0.3, -0.25) is 14.3 Å². The summed E-state index contributed by atoms with van der Waals surface area (Å²) in [5.74, 6) is -1.03. The molecule has 5 heteroatoms. The van der Waals surface area contributed by atoms with E-state index in [2.05, 4.69) is 10.4 Å². The minimum Gasteiger partial charge on any atom is -0.322 e. The van der Waals surface area contributed by atoms with E-state index in [-0.39, 0.29) is 11.7 Å². The van der Waals surface area contributed by atoms with Crippen LogP contribution in [0, 0.1) is 12.8 Å². The molecule has 5 nitrogen and oxygen atoms in total. The fourth-order valence-corrected chi connectivity index (χ4v) is 1.65. The first-order valence-electron chi connectivity index (χ1n) is 4.41. The zero-order valence-electron chi connectivity index (χ0n) is 8.29. The summed E-state index contributed by atoms with van der Waals surface area (Å²) >= 11 is 0. The van der Waals surface area contributed by atoms with Crippen molar-refractivity contribution in [3.05, 3.63) is 11.4 Å². The largest absolute Gasteiger partial charge is 0.322 e. The molecule has 1 aliphatic heterocycles. The molecule has 74 valence electrons. The van der Waals surface area contributed by atoms with Gasteiger partial charge in [0.2, 0.25) is 5.91 Å². The van der Waals surface area contributed by atoms with Gasteiger partial charge in [-0.25, -0.2) is 0 Å². The summed E-state index contributed by atoms with van der Waals surface area (Å²) < 4.78 is 1.52. The number of hydrogen-bond acceptors (Lipinski definition) is 3. The highest BCUT2D eigenvalue weighted by Crippen LogP contribution is 2.27. The predicted molar refractivity (Wildman–Crippen MR) is 50.1 cm³/mol. The maximum absolute atomic E-state index is 11.7. The number of carbonyl (C=O) groups excluding carboxylic acids is 2. The molecule has 0 bridgehead atoms. The van der Waals surface area contributed by atoms with Crippen LogP contribution in [0.15, 0.2) is 0 Å². The van der Waals surface area contributed by atoms with Crippen LogP contribution in [0.4, 0.5) is 5.69 Å². The summed E-state index contributed by atoms with van der Waals surface area (Å²) in [7, 11) is 1.70. The Hall–Kier alpha value is -1.65. The van der Waals surface area contributed by atoms with Crippen LogP contribution in [0.3, 0.4) is 0 Å². The minimum absolute atomic E-state index is 0.160. The Labute approximate surface area is 81.1 Å². The third-order valence-electron chi connectivity index (χ3n) is 2.49. The predicted octanol–water partition coefficient (Wildman–Crippen LogP) is 0.499. The van der Waals surface area contributed by atoms with E-state index in [4.69, 9.17) is 0 Å². The number of carbonyl (C=O) groups is 2. The molecule has 2 heterocycles. The first-order chi connectivity index (χ1) is 6.52. The van der Waals surface area contributed by atoms with Crippen LogP contribution in [0.5, 0.6) is 0 Å². The number of anilines is 1.